The van der Waals surface area contributed by atoms with Crippen LogP contribution in [0, 0.1) is 11.3 Å². The first-order chi connectivity index (χ1) is 16.5. The Morgan fingerprint density at radius 3 is 2.56 bits per heavy atom. The number of benzene rings is 2. The molecule has 0 N–H and O–H groups in total. The van der Waals surface area contributed by atoms with Crippen LogP contribution in [0.4, 0.5) is 5.69 Å². The molecule has 0 saturated heterocycles. The maximum absolute atomic E-state index is 12.9. The highest BCUT2D eigenvalue weighted by atomic mass is 32.2. The van der Waals surface area contributed by atoms with Gasteiger partial charge in [0.1, 0.15) is 10.7 Å². The number of hydrogen-bond donors (Lipinski definition) is 0. The third-order valence-electron chi connectivity index (χ3n) is 5.38. The van der Waals surface area contributed by atoms with E-state index in [-0.39, 0.29) is 17.7 Å². The van der Waals surface area contributed by atoms with Crippen LogP contribution in [-0.4, -0.2) is 24.2 Å². The van der Waals surface area contributed by atoms with Gasteiger partial charge in [0.25, 0.3) is 5.56 Å². The molecule has 0 aliphatic carbocycles. The average Bonchev–Trinajstić information content (AvgIpc) is 3.34. The molecule has 0 radical (unpaired) electrons. The lowest BCUT2D eigenvalue weighted by atomic mass is 10.1. The van der Waals surface area contributed by atoms with Crippen molar-refractivity contribution >= 4 is 46.4 Å². The molecule has 34 heavy (non-hydrogen) atoms. The number of thiazole rings is 1. The van der Waals surface area contributed by atoms with Crippen molar-refractivity contribution < 1.29 is 9.53 Å². The van der Waals surface area contributed by atoms with E-state index >= 15 is 0 Å². The van der Waals surface area contributed by atoms with Crippen molar-refractivity contribution in [2.45, 2.75) is 25.3 Å². The Bertz CT molecular complexity index is 1490. The van der Waals surface area contributed by atoms with Crippen molar-refractivity contribution in [1.82, 2.24) is 4.57 Å². The highest BCUT2D eigenvalue weighted by molar-refractivity contribution is 8.03. The number of nitrogens with zero attached hydrogens (tertiary/aromatic N) is 3. The van der Waals surface area contributed by atoms with E-state index in [0.29, 0.717) is 15.7 Å². The molecule has 0 fully saturated rings. The SMILES string of the molecule is CCOC(=O)C(C#N)=c1sc(=CC=C2Sc3ccc(-c4ccccc4)cc3N2C)c(=O)n1CC. The predicted octanol–water partition coefficient (Wildman–Crippen LogP) is 3.70. The van der Waals surface area contributed by atoms with E-state index < -0.39 is 5.97 Å². The first kappa shape index (κ1) is 23.6. The monoisotopic (exact) mass is 489 g/mol. The first-order valence-corrected chi connectivity index (χ1v) is 12.5. The van der Waals surface area contributed by atoms with Crippen LogP contribution in [0.1, 0.15) is 13.8 Å². The lowest BCUT2D eigenvalue weighted by molar-refractivity contribution is -0.136. The fourth-order valence-electron chi connectivity index (χ4n) is 3.66. The van der Waals surface area contributed by atoms with E-state index in [2.05, 4.69) is 35.2 Å². The predicted molar refractivity (Wildman–Crippen MR) is 138 cm³/mol. The summed E-state index contributed by atoms with van der Waals surface area (Å²) in [5.41, 5.74) is 3.03. The van der Waals surface area contributed by atoms with Gasteiger partial charge in [0.15, 0.2) is 5.57 Å². The summed E-state index contributed by atoms with van der Waals surface area (Å²) in [7, 11) is 2.00. The topological polar surface area (TPSA) is 75.3 Å². The van der Waals surface area contributed by atoms with Crippen LogP contribution in [0.5, 0.6) is 0 Å². The van der Waals surface area contributed by atoms with E-state index in [0.717, 1.165) is 38.1 Å². The average molecular weight is 490 g/mol. The van der Waals surface area contributed by atoms with Gasteiger partial charge in [0.05, 0.1) is 21.9 Å². The van der Waals surface area contributed by atoms with Crippen molar-refractivity contribution in [2.24, 2.45) is 0 Å². The standard InChI is InChI=1S/C26H23N3O3S2/c1-4-29-24(30)22(34-25(29)19(16-27)26(31)32-5-2)13-14-23-28(3)20-15-18(11-12-21(20)33-23)17-9-7-6-8-10-17/h6-15H,4-5H2,1-3H3. The van der Waals surface area contributed by atoms with Crippen LogP contribution < -0.4 is 19.7 Å². The van der Waals surface area contributed by atoms with Gasteiger partial charge in [-0.05, 0) is 49.3 Å². The summed E-state index contributed by atoms with van der Waals surface area (Å²) in [5.74, 6) is -0.714. The summed E-state index contributed by atoms with van der Waals surface area (Å²) >= 11 is 2.76. The molecule has 0 unspecified atom stereocenters. The Kier molecular flexibility index (Phi) is 7.06. The number of aromatic nitrogens is 1. The second-order valence-electron chi connectivity index (χ2n) is 7.41. The molecule has 1 aromatic heterocycles. The molecule has 2 heterocycles. The molecule has 172 valence electrons. The van der Waals surface area contributed by atoms with E-state index in [4.69, 9.17) is 4.74 Å². The van der Waals surface area contributed by atoms with E-state index in [9.17, 15) is 14.9 Å². The van der Waals surface area contributed by atoms with Crippen molar-refractivity contribution in [3.63, 3.8) is 0 Å². The minimum absolute atomic E-state index is 0.147. The summed E-state index contributed by atoms with van der Waals surface area (Å²) in [6.07, 6.45) is 3.66. The maximum Gasteiger partial charge on any atom is 0.351 e. The molecular weight excluding hydrogens is 466 g/mol. The Hall–Kier alpha value is -3.54. The second kappa shape index (κ2) is 10.2. The largest absolute Gasteiger partial charge is 0.462 e. The number of ether oxygens (including phenoxy) is 1. The number of esters is 1. The molecule has 2 aromatic carbocycles. The third kappa shape index (κ3) is 4.45. The lowest BCUT2D eigenvalue weighted by Crippen LogP contribution is -2.32. The molecule has 0 spiro atoms. The van der Waals surface area contributed by atoms with Crippen LogP contribution in [0.15, 0.2) is 69.3 Å². The van der Waals surface area contributed by atoms with Gasteiger partial charge in [-0.15, -0.1) is 11.3 Å². The van der Waals surface area contributed by atoms with Gasteiger partial charge in [-0.1, -0.05) is 48.2 Å². The Labute approximate surface area is 205 Å². The van der Waals surface area contributed by atoms with Gasteiger partial charge >= 0.3 is 5.97 Å². The van der Waals surface area contributed by atoms with Gasteiger partial charge < -0.3 is 9.64 Å². The van der Waals surface area contributed by atoms with Gasteiger partial charge in [-0.3, -0.25) is 9.36 Å². The number of nitriles is 1. The number of thioether (sulfide) groups is 1. The maximum atomic E-state index is 12.9. The zero-order valence-corrected chi connectivity index (χ0v) is 20.7. The van der Waals surface area contributed by atoms with Crippen molar-refractivity contribution in [3.05, 3.63) is 79.2 Å². The van der Waals surface area contributed by atoms with Crippen LogP contribution >= 0.6 is 23.1 Å². The molecule has 1 aliphatic heterocycles. The zero-order valence-electron chi connectivity index (χ0n) is 19.1. The number of rotatable bonds is 5. The highest BCUT2D eigenvalue weighted by Crippen LogP contribution is 2.46. The van der Waals surface area contributed by atoms with Crippen LogP contribution in [0.25, 0.3) is 22.8 Å². The second-order valence-corrected chi connectivity index (χ2v) is 9.50. The minimum atomic E-state index is -0.714. The molecule has 3 aromatic rings. The lowest BCUT2D eigenvalue weighted by Gasteiger charge is -2.14. The zero-order chi connectivity index (χ0) is 24.2. The third-order valence-corrected chi connectivity index (χ3v) is 7.71. The quantitative estimate of drug-likeness (QED) is 0.509. The van der Waals surface area contributed by atoms with Crippen LogP contribution in [-0.2, 0) is 16.1 Å². The van der Waals surface area contributed by atoms with Gasteiger partial charge in [0.2, 0.25) is 0 Å². The molecule has 0 saturated carbocycles. The van der Waals surface area contributed by atoms with Gasteiger partial charge in [-0.2, -0.15) is 5.26 Å². The summed E-state index contributed by atoms with van der Waals surface area (Å²) in [5, 5.41) is 10.5. The molecule has 0 atom stereocenters. The molecule has 1 aliphatic rings. The molecule has 0 bridgehead atoms. The molecule has 6 nitrogen and oxygen atoms in total. The Balaban J connectivity index is 1.73. The Morgan fingerprint density at radius 1 is 1.12 bits per heavy atom. The first-order valence-electron chi connectivity index (χ1n) is 10.8. The van der Waals surface area contributed by atoms with E-state index in [1.54, 1.807) is 24.8 Å². The Morgan fingerprint density at radius 2 is 1.88 bits per heavy atom. The van der Waals surface area contributed by atoms with Gasteiger partial charge in [-0.25, -0.2) is 4.79 Å². The molecule has 4 rings (SSSR count). The molecular formula is C26H23N3O3S2. The van der Waals surface area contributed by atoms with Crippen molar-refractivity contribution in [3.8, 4) is 17.2 Å². The molecule has 0 amide bonds. The summed E-state index contributed by atoms with van der Waals surface area (Å²) in [6, 6.07) is 18.5. The number of hydrogen-bond acceptors (Lipinski definition) is 7. The van der Waals surface area contributed by atoms with Crippen molar-refractivity contribution in [1.29, 1.82) is 5.26 Å². The summed E-state index contributed by atoms with van der Waals surface area (Å²) in [4.78, 5) is 28.4. The summed E-state index contributed by atoms with van der Waals surface area (Å²) < 4.78 is 7.21. The van der Waals surface area contributed by atoms with Crippen molar-refractivity contribution in [2.75, 3.05) is 18.6 Å². The smallest absolute Gasteiger partial charge is 0.351 e. The number of anilines is 1. The van der Waals surface area contributed by atoms with E-state index in [1.165, 1.54) is 4.57 Å². The highest BCUT2D eigenvalue weighted by Gasteiger charge is 2.22. The van der Waals surface area contributed by atoms with Crippen LogP contribution in [0.3, 0.4) is 0 Å². The van der Waals surface area contributed by atoms with Gasteiger partial charge in [0, 0.05) is 18.5 Å². The minimum Gasteiger partial charge on any atom is -0.462 e. The van der Waals surface area contributed by atoms with Crippen LogP contribution in [0.2, 0.25) is 0 Å². The number of allylic oxidation sites excluding steroid dienone is 1. The van der Waals surface area contributed by atoms with E-state index in [1.807, 2.05) is 44.3 Å². The molecule has 8 heteroatoms. The number of carbonyl (C=O) groups excluding carboxylic acids is 1. The number of carbonyl (C=O) groups is 1. The fourth-order valence-corrected chi connectivity index (χ4v) is 5.79. The number of fused-ring (bicyclic) bond motifs is 1. The normalized spacial score (nSPS) is 15.3. The summed E-state index contributed by atoms with van der Waals surface area (Å²) in [6.45, 7) is 3.99. The fraction of sp³-hybridized carbons (Fsp3) is 0.192.